The molecule has 0 radical (unpaired) electrons. The first-order valence-corrected chi connectivity index (χ1v) is 12.2. The summed E-state index contributed by atoms with van der Waals surface area (Å²) < 4.78 is 5.21. The molecule has 0 spiro atoms. The van der Waals surface area contributed by atoms with Gasteiger partial charge in [0.2, 0.25) is 5.91 Å². The SMILES string of the molecule is CCOC(=O)c1c(NC(=O)CN2CCCC(C)C2)sc(C(=O)Nc2ccc(C)cc2C)c1C. The van der Waals surface area contributed by atoms with Crippen LogP contribution in [0.15, 0.2) is 18.2 Å². The molecule has 178 valence electrons. The number of aryl methyl sites for hydroxylation is 2. The number of nitrogens with zero attached hydrogens (tertiary/aromatic N) is 1. The fraction of sp³-hybridized carbons (Fsp3) is 0.480. The first-order chi connectivity index (χ1) is 15.7. The van der Waals surface area contributed by atoms with Crippen molar-refractivity contribution in [2.75, 3.05) is 36.9 Å². The Balaban J connectivity index is 1.83. The highest BCUT2D eigenvalue weighted by molar-refractivity contribution is 7.19. The van der Waals surface area contributed by atoms with Gasteiger partial charge in [0.1, 0.15) is 5.00 Å². The third-order valence-electron chi connectivity index (χ3n) is 5.82. The molecule has 2 aromatic rings. The number of ether oxygens (including phenoxy) is 1. The van der Waals surface area contributed by atoms with E-state index in [4.69, 9.17) is 4.74 Å². The highest BCUT2D eigenvalue weighted by atomic mass is 32.1. The van der Waals surface area contributed by atoms with Gasteiger partial charge in [-0.2, -0.15) is 0 Å². The van der Waals surface area contributed by atoms with E-state index in [0.717, 1.165) is 42.0 Å². The van der Waals surface area contributed by atoms with Crippen LogP contribution < -0.4 is 10.6 Å². The second-order valence-corrected chi connectivity index (χ2v) is 9.80. The number of esters is 1. The summed E-state index contributed by atoms with van der Waals surface area (Å²) in [5, 5.41) is 6.15. The van der Waals surface area contributed by atoms with Gasteiger partial charge in [-0.15, -0.1) is 11.3 Å². The molecule has 1 saturated heterocycles. The number of hydrogen-bond donors (Lipinski definition) is 2. The number of likely N-dealkylation sites (tertiary alicyclic amines) is 1. The number of nitrogens with one attached hydrogen (secondary N) is 2. The highest BCUT2D eigenvalue weighted by Gasteiger charge is 2.27. The zero-order chi connectivity index (χ0) is 24.1. The third kappa shape index (κ3) is 6.21. The predicted octanol–water partition coefficient (Wildman–Crippen LogP) is 4.77. The molecule has 0 aliphatic carbocycles. The number of carbonyl (C=O) groups is 3. The van der Waals surface area contributed by atoms with E-state index >= 15 is 0 Å². The molecule has 0 bridgehead atoms. The van der Waals surface area contributed by atoms with E-state index < -0.39 is 5.97 Å². The molecule has 1 aromatic carbocycles. The van der Waals surface area contributed by atoms with Crippen LogP contribution in [0.25, 0.3) is 0 Å². The van der Waals surface area contributed by atoms with E-state index in [0.29, 0.717) is 27.0 Å². The van der Waals surface area contributed by atoms with Gasteiger partial charge in [-0.25, -0.2) is 4.79 Å². The topological polar surface area (TPSA) is 87.7 Å². The number of amides is 2. The lowest BCUT2D eigenvalue weighted by atomic mass is 10.0. The third-order valence-corrected chi connectivity index (χ3v) is 7.03. The van der Waals surface area contributed by atoms with Crippen molar-refractivity contribution in [3.05, 3.63) is 45.3 Å². The second-order valence-electron chi connectivity index (χ2n) is 8.78. The van der Waals surface area contributed by atoms with E-state index in [9.17, 15) is 14.4 Å². The maximum absolute atomic E-state index is 13.1. The first-order valence-electron chi connectivity index (χ1n) is 11.4. The molecule has 1 unspecified atom stereocenters. The molecule has 3 rings (SSSR count). The highest BCUT2D eigenvalue weighted by Crippen LogP contribution is 2.34. The van der Waals surface area contributed by atoms with Crippen molar-refractivity contribution in [3.8, 4) is 0 Å². The van der Waals surface area contributed by atoms with Crippen molar-refractivity contribution in [3.63, 3.8) is 0 Å². The number of thiophene rings is 1. The number of hydrogen-bond acceptors (Lipinski definition) is 6. The maximum atomic E-state index is 13.1. The molecular weight excluding hydrogens is 438 g/mol. The Hall–Kier alpha value is -2.71. The number of benzene rings is 1. The van der Waals surface area contributed by atoms with Gasteiger partial charge < -0.3 is 15.4 Å². The Morgan fingerprint density at radius 2 is 1.94 bits per heavy atom. The molecule has 1 aromatic heterocycles. The van der Waals surface area contributed by atoms with Crippen molar-refractivity contribution >= 4 is 39.8 Å². The van der Waals surface area contributed by atoms with E-state index in [1.54, 1.807) is 13.8 Å². The summed E-state index contributed by atoms with van der Waals surface area (Å²) in [5.41, 5.74) is 3.51. The smallest absolute Gasteiger partial charge is 0.341 e. The van der Waals surface area contributed by atoms with Crippen LogP contribution in [0.1, 0.15) is 63.4 Å². The van der Waals surface area contributed by atoms with Crippen molar-refractivity contribution in [1.82, 2.24) is 4.90 Å². The summed E-state index contributed by atoms with van der Waals surface area (Å²) >= 11 is 1.10. The summed E-state index contributed by atoms with van der Waals surface area (Å²) in [4.78, 5) is 41.0. The normalized spacial score (nSPS) is 16.3. The van der Waals surface area contributed by atoms with E-state index in [1.807, 2.05) is 32.0 Å². The molecule has 0 saturated carbocycles. The van der Waals surface area contributed by atoms with E-state index in [1.165, 1.54) is 6.42 Å². The molecule has 2 N–H and O–H groups in total. The average Bonchev–Trinajstić information content (AvgIpc) is 3.06. The number of anilines is 2. The van der Waals surface area contributed by atoms with Crippen molar-refractivity contribution in [2.24, 2.45) is 5.92 Å². The van der Waals surface area contributed by atoms with Crippen LogP contribution >= 0.6 is 11.3 Å². The number of rotatable bonds is 7. The zero-order valence-electron chi connectivity index (χ0n) is 20.0. The van der Waals surface area contributed by atoms with Crippen LogP contribution in [0.3, 0.4) is 0 Å². The lowest BCUT2D eigenvalue weighted by molar-refractivity contribution is -0.117. The predicted molar refractivity (Wildman–Crippen MR) is 132 cm³/mol. The summed E-state index contributed by atoms with van der Waals surface area (Å²) in [6.07, 6.45) is 2.25. The van der Waals surface area contributed by atoms with Crippen LogP contribution in [-0.4, -0.2) is 48.9 Å². The molecule has 33 heavy (non-hydrogen) atoms. The molecule has 7 nitrogen and oxygen atoms in total. The van der Waals surface area contributed by atoms with Crippen LogP contribution in [0.2, 0.25) is 0 Å². The number of piperidine rings is 1. The van der Waals surface area contributed by atoms with Gasteiger partial charge in [-0.3, -0.25) is 14.5 Å². The summed E-state index contributed by atoms with van der Waals surface area (Å²) in [6, 6.07) is 5.79. The van der Waals surface area contributed by atoms with Crippen molar-refractivity contribution in [2.45, 2.75) is 47.5 Å². The Bertz CT molecular complexity index is 1050. The molecular formula is C25H33N3O4S. The van der Waals surface area contributed by atoms with E-state index in [2.05, 4.69) is 22.5 Å². The van der Waals surface area contributed by atoms with Crippen molar-refractivity contribution < 1.29 is 19.1 Å². The first kappa shape index (κ1) is 24.9. The Kier molecular flexibility index (Phi) is 8.26. The quantitative estimate of drug-likeness (QED) is 0.568. The van der Waals surface area contributed by atoms with Crippen LogP contribution in [0.5, 0.6) is 0 Å². The second kappa shape index (κ2) is 10.9. The Morgan fingerprint density at radius 1 is 1.18 bits per heavy atom. The van der Waals surface area contributed by atoms with Gasteiger partial charge in [0.05, 0.1) is 23.6 Å². The maximum Gasteiger partial charge on any atom is 0.341 e. The minimum atomic E-state index is -0.543. The molecule has 2 heterocycles. The summed E-state index contributed by atoms with van der Waals surface area (Å²) in [7, 11) is 0. The fourth-order valence-electron chi connectivity index (χ4n) is 4.20. The monoisotopic (exact) mass is 471 g/mol. The molecule has 1 aliphatic rings. The van der Waals surface area contributed by atoms with Gasteiger partial charge in [0, 0.05) is 12.2 Å². The molecule has 2 amide bonds. The Labute approximate surface area is 199 Å². The van der Waals surface area contributed by atoms with Crippen LogP contribution in [-0.2, 0) is 9.53 Å². The lowest BCUT2D eigenvalue weighted by Crippen LogP contribution is -2.39. The minimum Gasteiger partial charge on any atom is -0.462 e. The largest absolute Gasteiger partial charge is 0.462 e. The van der Waals surface area contributed by atoms with E-state index in [-0.39, 0.29) is 30.5 Å². The lowest BCUT2D eigenvalue weighted by Gasteiger charge is -2.30. The van der Waals surface area contributed by atoms with Gasteiger partial charge in [-0.05, 0) is 70.2 Å². The molecule has 1 fully saturated rings. The van der Waals surface area contributed by atoms with Gasteiger partial charge in [0.25, 0.3) is 5.91 Å². The van der Waals surface area contributed by atoms with Gasteiger partial charge in [0.15, 0.2) is 0 Å². The van der Waals surface area contributed by atoms with Crippen LogP contribution in [0.4, 0.5) is 10.7 Å². The minimum absolute atomic E-state index is 0.197. The van der Waals surface area contributed by atoms with Crippen LogP contribution in [0, 0.1) is 26.7 Å². The molecule has 1 aliphatic heterocycles. The molecule has 8 heteroatoms. The van der Waals surface area contributed by atoms with Crippen molar-refractivity contribution in [1.29, 1.82) is 0 Å². The number of carbonyl (C=O) groups excluding carboxylic acids is 3. The molecule has 1 atom stereocenters. The fourth-order valence-corrected chi connectivity index (χ4v) is 5.31. The average molecular weight is 472 g/mol. The standard InChI is InChI=1S/C25H33N3O4S/c1-6-32-25(31)21-18(5)22(23(30)26-19-10-9-15(2)12-17(19)4)33-24(21)27-20(29)14-28-11-7-8-16(3)13-28/h9-10,12,16H,6-8,11,13-14H2,1-5H3,(H,26,30)(H,27,29). The Morgan fingerprint density at radius 3 is 2.61 bits per heavy atom. The van der Waals surface area contributed by atoms with Gasteiger partial charge >= 0.3 is 5.97 Å². The van der Waals surface area contributed by atoms with Gasteiger partial charge in [-0.1, -0.05) is 24.6 Å². The summed E-state index contributed by atoms with van der Waals surface area (Å²) in [5.74, 6) is -0.498. The zero-order valence-corrected chi connectivity index (χ0v) is 20.9. The summed E-state index contributed by atoms with van der Waals surface area (Å²) in [6.45, 7) is 11.8.